The van der Waals surface area contributed by atoms with Crippen molar-refractivity contribution in [1.29, 1.82) is 0 Å². The monoisotopic (exact) mass is 177 g/mol. The third-order valence-corrected chi connectivity index (χ3v) is 2.04. The molecule has 0 radical (unpaired) electrons. The summed E-state index contributed by atoms with van der Waals surface area (Å²) in [5.74, 6) is 0. The highest BCUT2D eigenvalue weighted by Gasteiger charge is 2.22. The standard InChI is InChI=1S/C9H11N3O/c1-7-5-8(6-10-2)12(4)9(13)11(7)3/h5-6H,1,3-4H3/b8-6-. The lowest BCUT2D eigenvalue weighted by Crippen LogP contribution is -2.40. The molecule has 0 spiro atoms. The van der Waals surface area contributed by atoms with Gasteiger partial charge in [-0.3, -0.25) is 0 Å². The van der Waals surface area contributed by atoms with Crippen molar-refractivity contribution in [1.82, 2.24) is 9.80 Å². The molecule has 0 saturated carbocycles. The maximum absolute atomic E-state index is 11.5. The van der Waals surface area contributed by atoms with E-state index in [0.29, 0.717) is 5.70 Å². The molecule has 13 heavy (non-hydrogen) atoms. The highest BCUT2D eigenvalue weighted by Crippen LogP contribution is 2.18. The first-order chi connectivity index (χ1) is 6.07. The van der Waals surface area contributed by atoms with E-state index in [1.165, 1.54) is 11.1 Å². The van der Waals surface area contributed by atoms with Crippen LogP contribution in [-0.2, 0) is 0 Å². The van der Waals surface area contributed by atoms with E-state index >= 15 is 0 Å². The maximum Gasteiger partial charge on any atom is 0.327 e. The van der Waals surface area contributed by atoms with Crippen LogP contribution in [-0.4, -0.2) is 29.9 Å². The number of allylic oxidation sites excluding steroid dienone is 2. The summed E-state index contributed by atoms with van der Waals surface area (Å²) in [4.78, 5) is 17.6. The molecule has 1 aliphatic rings. The average molecular weight is 177 g/mol. The average Bonchev–Trinajstić information content (AvgIpc) is 2.11. The normalized spacial score (nSPS) is 20.3. The van der Waals surface area contributed by atoms with E-state index in [2.05, 4.69) is 4.85 Å². The van der Waals surface area contributed by atoms with Crippen molar-refractivity contribution in [2.24, 2.45) is 0 Å². The van der Waals surface area contributed by atoms with Crippen LogP contribution in [0.15, 0.2) is 23.7 Å². The molecular formula is C9H11N3O. The lowest BCUT2D eigenvalue weighted by Gasteiger charge is -2.31. The van der Waals surface area contributed by atoms with Gasteiger partial charge in [-0.15, -0.1) is 0 Å². The van der Waals surface area contributed by atoms with Crippen molar-refractivity contribution >= 4 is 6.03 Å². The smallest absolute Gasteiger partial charge is 0.307 e. The summed E-state index contributed by atoms with van der Waals surface area (Å²) in [6, 6.07) is -0.116. The Labute approximate surface area is 77.6 Å². The fourth-order valence-electron chi connectivity index (χ4n) is 1.08. The van der Waals surface area contributed by atoms with Crippen molar-refractivity contribution in [2.45, 2.75) is 6.92 Å². The minimum atomic E-state index is -0.116. The number of urea groups is 1. The summed E-state index contributed by atoms with van der Waals surface area (Å²) in [6.45, 7) is 8.51. The number of hydrogen-bond acceptors (Lipinski definition) is 1. The van der Waals surface area contributed by atoms with Crippen molar-refractivity contribution < 1.29 is 4.79 Å². The van der Waals surface area contributed by atoms with Gasteiger partial charge < -0.3 is 9.80 Å². The molecule has 4 heteroatoms. The van der Waals surface area contributed by atoms with Crippen LogP contribution in [0, 0.1) is 6.57 Å². The van der Waals surface area contributed by atoms with Crippen LogP contribution in [0.5, 0.6) is 0 Å². The second-order valence-electron chi connectivity index (χ2n) is 2.87. The summed E-state index contributed by atoms with van der Waals surface area (Å²) in [6.07, 6.45) is 3.15. The molecule has 68 valence electrons. The first kappa shape index (κ1) is 9.33. The van der Waals surface area contributed by atoms with Crippen LogP contribution in [0.3, 0.4) is 0 Å². The Morgan fingerprint density at radius 1 is 1.46 bits per heavy atom. The molecular weight excluding hydrogens is 166 g/mol. The SMILES string of the molecule is [C-]#[N+]/C=C1/C=C(C)N(C)C(=O)N1C. The van der Waals surface area contributed by atoms with Crippen molar-refractivity contribution in [3.63, 3.8) is 0 Å². The van der Waals surface area contributed by atoms with Gasteiger partial charge in [-0.25, -0.2) is 9.64 Å². The van der Waals surface area contributed by atoms with E-state index in [1.807, 2.05) is 6.92 Å². The maximum atomic E-state index is 11.5. The predicted octanol–water partition coefficient (Wildman–Crippen LogP) is 1.65. The van der Waals surface area contributed by atoms with Crippen molar-refractivity contribution in [3.05, 3.63) is 35.1 Å². The molecule has 1 heterocycles. The number of carbonyl (C=O) groups is 1. The lowest BCUT2D eigenvalue weighted by atomic mass is 10.2. The molecule has 1 rings (SSSR count). The van der Waals surface area contributed by atoms with E-state index in [0.717, 1.165) is 5.70 Å². The molecule has 0 aliphatic carbocycles. The number of nitrogens with zero attached hydrogens (tertiary/aromatic N) is 3. The Balaban J connectivity index is 3.12. The number of likely N-dealkylation sites (N-methyl/N-ethyl adjacent to an activating group) is 1. The van der Waals surface area contributed by atoms with Gasteiger partial charge in [0.2, 0.25) is 0 Å². The Bertz CT molecular complexity index is 335. The number of rotatable bonds is 0. The second kappa shape index (κ2) is 3.31. The van der Waals surface area contributed by atoms with Crippen molar-refractivity contribution in [3.8, 4) is 0 Å². The van der Waals surface area contributed by atoms with Crippen LogP contribution in [0.1, 0.15) is 6.92 Å². The zero-order chi connectivity index (χ0) is 10.0. The van der Waals surface area contributed by atoms with Gasteiger partial charge in [0.1, 0.15) is 0 Å². The summed E-state index contributed by atoms with van der Waals surface area (Å²) >= 11 is 0. The van der Waals surface area contributed by atoms with Gasteiger partial charge in [0, 0.05) is 25.5 Å². The molecule has 0 aromatic rings. The highest BCUT2D eigenvalue weighted by molar-refractivity contribution is 5.80. The summed E-state index contributed by atoms with van der Waals surface area (Å²) in [7, 11) is 3.36. The van der Waals surface area contributed by atoms with Crippen LogP contribution >= 0.6 is 0 Å². The van der Waals surface area contributed by atoms with E-state index in [9.17, 15) is 4.79 Å². The minimum absolute atomic E-state index is 0.116. The molecule has 0 aromatic heterocycles. The third kappa shape index (κ3) is 1.54. The fourth-order valence-corrected chi connectivity index (χ4v) is 1.08. The molecule has 1 aliphatic heterocycles. The molecule has 2 amide bonds. The molecule has 4 nitrogen and oxygen atoms in total. The highest BCUT2D eigenvalue weighted by atomic mass is 16.2. The largest absolute Gasteiger partial charge is 0.327 e. The molecule has 0 aromatic carbocycles. The Hall–Kier alpha value is -1.76. The Kier molecular flexibility index (Phi) is 2.38. The first-order valence-corrected chi connectivity index (χ1v) is 3.84. The van der Waals surface area contributed by atoms with Gasteiger partial charge in [0.25, 0.3) is 0 Å². The van der Waals surface area contributed by atoms with E-state index in [4.69, 9.17) is 6.57 Å². The molecule has 0 atom stereocenters. The molecule has 0 N–H and O–H groups in total. The van der Waals surface area contributed by atoms with Gasteiger partial charge in [-0.1, -0.05) is 0 Å². The summed E-state index contributed by atoms with van der Waals surface area (Å²) in [5.41, 5.74) is 1.48. The topological polar surface area (TPSA) is 27.9 Å². The molecule has 0 saturated heterocycles. The number of hydrogen-bond donors (Lipinski definition) is 0. The number of carbonyl (C=O) groups excluding carboxylic acids is 1. The van der Waals surface area contributed by atoms with Gasteiger partial charge in [-0.05, 0) is 13.0 Å². The van der Waals surface area contributed by atoms with Crippen LogP contribution < -0.4 is 0 Å². The predicted molar refractivity (Wildman–Crippen MR) is 49.4 cm³/mol. The number of amides is 2. The van der Waals surface area contributed by atoms with Gasteiger partial charge in [0.15, 0.2) is 6.20 Å². The Morgan fingerprint density at radius 3 is 2.62 bits per heavy atom. The van der Waals surface area contributed by atoms with Crippen LogP contribution in [0.2, 0.25) is 0 Å². The lowest BCUT2D eigenvalue weighted by molar-refractivity contribution is 0.191. The fraction of sp³-hybridized carbons (Fsp3) is 0.333. The third-order valence-electron chi connectivity index (χ3n) is 2.04. The quantitative estimate of drug-likeness (QED) is 0.517. The van der Waals surface area contributed by atoms with E-state index in [-0.39, 0.29) is 6.03 Å². The molecule has 0 unspecified atom stereocenters. The van der Waals surface area contributed by atoms with E-state index < -0.39 is 0 Å². The zero-order valence-electron chi connectivity index (χ0n) is 7.90. The second-order valence-corrected chi connectivity index (χ2v) is 2.87. The molecule has 0 bridgehead atoms. The van der Waals surface area contributed by atoms with Gasteiger partial charge >= 0.3 is 6.03 Å². The van der Waals surface area contributed by atoms with Gasteiger partial charge in [-0.2, -0.15) is 0 Å². The Morgan fingerprint density at radius 2 is 2.08 bits per heavy atom. The summed E-state index contributed by atoms with van der Waals surface area (Å²) in [5, 5.41) is 0. The first-order valence-electron chi connectivity index (χ1n) is 3.84. The van der Waals surface area contributed by atoms with Crippen LogP contribution in [0.4, 0.5) is 4.79 Å². The minimum Gasteiger partial charge on any atom is -0.307 e. The van der Waals surface area contributed by atoms with E-state index in [1.54, 1.807) is 25.1 Å². The van der Waals surface area contributed by atoms with Gasteiger partial charge in [0.05, 0.1) is 6.57 Å². The summed E-state index contributed by atoms with van der Waals surface area (Å²) < 4.78 is 0. The zero-order valence-corrected chi connectivity index (χ0v) is 7.90. The van der Waals surface area contributed by atoms with Crippen molar-refractivity contribution in [2.75, 3.05) is 14.1 Å². The van der Waals surface area contributed by atoms with Crippen LogP contribution in [0.25, 0.3) is 4.85 Å². The molecule has 0 fully saturated rings.